The fraction of sp³-hybridized carbons (Fsp3) is 0.500. The Morgan fingerprint density at radius 1 is 0.882 bits per heavy atom. The van der Waals surface area contributed by atoms with Crippen LogP contribution in [0.5, 0.6) is 0 Å². The van der Waals surface area contributed by atoms with E-state index in [0.29, 0.717) is 0 Å². The maximum absolute atomic E-state index is 2.42. The van der Waals surface area contributed by atoms with Crippen molar-refractivity contribution in [2.45, 2.75) is 53.4 Å². The van der Waals surface area contributed by atoms with Gasteiger partial charge in [-0.05, 0) is 0 Å². The van der Waals surface area contributed by atoms with Gasteiger partial charge in [0.25, 0.3) is 0 Å². The van der Waals surface area contributed by atoms with E-state index in [4.69, 9.17) is 0 Å². The Bertz CT molecular complexity index is 402. The van der Waals surface area contributed by atoms with Gasteiger partial charge in [-0.1, -0.05) is 0 Å². The maximum atomic E-state index is 2.42. The quantitative estimate of drug-likeness (QED) is 0.623. The molecule has 0 saturated heterocycles. The van der Waals surface area contributed by atoms with E-state index < -0.39 is 0 Å². The van der Waals surface area contributed by atoms with E-state index in [9.17, 15) is 0 Å². The summed E-state index contributed by atoms with van der Waals surface area (Å²) in [7, 11) is 0. The topological polar surface area (TPSA) is 0 Å². The van der Waals surface area contributed by atoms with Gasteiger partial charge in [0.15, 0.2) is 0 Å². The Kier molecular flexibility index (Phi) is 4.12. The molecule has 0 aromatic rings. The normalized spacial score (nSPS) is 20.5. The summed E-state index contributed by atoms with van der Waals surface area (Å²) in [6.07, 6.45) is 9.57. The van der Waals surface area contributed by atoms with Crippen LogP contribution in [0.25, 0.3) is 0 Å². The van der Waals surface area contributed by atoms with Crippen LogP contribution in [0.4, 0.5) is 0 Å². The molecule has 0 N–H and O–H groups in total. The molecule has 0 nitrogen and oxygen atoms in total. The van der Waals surface area contributed by atoms with Crippen LogP contribution in [0.2, 0.25) is 0 Å². The predicted molar refractivity (Wildman–Crippen MR) is 71.4 cm³/mol. The van der Waals surface area contributed by atoms with Crippen LogP contribution in [0.1, 0.15) is 53.4 Å². The Morgan fingerprint density at radius 2 is 1.29 bits per heavy atom. The first-order chi connectivity index (χ1) is 8.17. The van der Waals surface area contributed by atoms with E-state index in [2.05, 4.69) is 39.8 Å². The summed E-state index contributed by atoms with van der Waals surface area (Å²) in [6, 6.07) is 0. The van der Waals surface area contributed by atoms with Crippen molar-refractivity contribution in [3.63, 3.8) is 0 Å². The Morgan fingerprint density at radius 3 is 1.65 bits per heavy atom. The summed E-state index contributed by atoms with van der Waals surface area (Å²) in [4.78, 5) is 0. The monoisotopic (exact) mass is 270 g/mol. The van der Waals surface area contributed by atoms with Gasteiger partial charge in [-0.15, -0.1) is 0 Å². The Labute approximate surface area is 112 Å². The van der Waals surface area contributed by atoms with Crippen LogP contribution in [0.3, 0.4) is 0 Å². The van der Waals surface area contributed by atoms with E-state index in [0.717, 1.165) is 0 Å². The van der Waals surface area contributed by atoms with Crippen LogP contribution < -0.4 is 0 Å². The molecule has 1 heteroatoms. The van der Waals surface area contributed by atoms with Gasteiger partial charge < -0.3 is 0 Å². The summed E-state index contributed by atoms with van der Waals surface area (Å²) in [6.45, 7) is 9.15. The molecule has 0 bridgehead atoms. The molecule has 0 heterocycles. The molecule has 2 aliphatic rings. The number of hydrogen-bond donors (Lipinski definition) is 0. The fourth-order valence-electron chi connectivity index (χ4n) is 2.39. The van der Waals surface area contributed by atoms with Gasteiger partial charge in [0.1, 0.15) is 0 Å². The van der Waals surface area contributed by atoms with Crippen molar-refractivity contribution in [1.29, 1.82) is 0 Å². The average molecular weight is 270 g/mol. The van der Waals surface area contributed by atoms with Crippen molar-refractivity contribution < 1.29 is 15.0 Å². The molecule has 0 atom stereocenters. The van der Waals surface area contributed by atoms with Crippen molar-refractivity contribution >= 4 is 0 Å². The van der Waals surface area contributed by atoms with E-state index in [1.54, 1.807) is 31.2 Å². The molecule has 0 unspecified atom stereocenters. The molecule has 0 spiro atoms. The Hall–Kier alpha value is -0.521. The molecule has 0 aromatic carbocycles. The van der Waals surface area contributed by atoms with Crippen molar-refractivity contribution in [3.8, 4) is 0 Å². The second-order valence-electron chi connectivity index (χ2n) is 4.83. The molecule has 2 aliphatic carbocycles. The third-order valence-corrected chi connectivity index (χ3v) is 5.73. The van der Waals surface area contributed by atoms with Crippen LogP contribution in [0, 0.1) is 0 Å². The van der Waals surface area contributed by atoms with Crippen molar-refractivity contribution in [3.05, 3.63) is 43.4 Å². The third-order valence-electron chi connectivity index (χ3n) is 3.52. The SMILES string of the molecule is CCC1=CCC(C)=[C]1[Fe][C]1=C(C)CC=C1CC. The van der Waals surface area contributed by atoms with E-state index >= 15 is 0 Å². The fourth-order valence-corrected chi connectivity index (χ4v) is 4.34. The number of allylic oxidation sites excluding steroid dienone is 8. The molecule has 2 rings (SSSR count). The second-order valence-corrected chi connectivity index (χ2v) is 6.21. The van der Waals surface area contributed by atoms with Gasteiger partial charge in [0.2, 0.25) is 0 Å². The van der Waals surface area contributed by atoms with Crippen molar-refractivity contribution in [1.82, 2.24) is 0 Å². The zero-order chi connectivity index (χ0) is 12.4. The number of hydrogen-bond acceptors (Lipinski definition) is 0. The Balaban J connectivity index is 2.22. The van der Waals surface area contributed by atoms with Gasteiger partial charge in [-0.3, -0.25) is 0 Å². The summed E-state index contributed by atoms with van der Waals surface area (Å²) in [5.41, 5.74) is 6.35. The molecule has 0 radical (unpaired) electrons. The third kappa shape index (κ3) is 2.51. The molecule has 0 amide bonds. The van der Waals surface area contributed by atoms with Crippen LogP contribution in [0.15, 0.2) is 43.4 Å². The zero-order valence-corrected chi connectivity index (χ0v) is 12.4. The van der Waals surface area contributed by atoms with E-state index in [1.165, 1.54) is 40.6 Å². The van der Waals surface area contributed by atoms with Crippen molar-refractivity contribution in [2.75, 3.05) is 0 Å². The molecule has 0 saturated carbocycles. The van der Waals surface area contributed by atoms with Gasteiger partial charge in [-0.25, -0.2) is 0 Å². The molecule has 0 fully saturated rings. The van der Waals surface area contributed by atoms with Gasteiger partial charge in [0.05, 0.1) is 0 Å². The van der Waals surface area contributed by atoms with Crippen molar-refractivity contribution in [2.24, 2.45) is 0 Å². The molecular formula is C16H22Fe. The minimum absolute atomic E-state index is 1.18. The second kappa shape index (κ2) is 5.42. The molecular weight excluding hydrogens is 248 g/mol. The average Bonchev–Trinajstić information content (AvgIpc) is 2.85. The molecule has 0 aromatic heterocycles. The molecule has 17 heavy (non-hydrogen) atoms. The first kappa shape index (κ1) is 12.9. The van der Waals surface area contributed by atoms with Gasteiger partial charge in [-0.2, -0.15) is 0 Å². The van der Waals surface area contributed by atoms with Gasteiger partial charge in [0, 0.05) is 0 Å². The first-order valence-electron chi connectivity index (χ1n) is 6.58. The molecule has 0 aliphatic heterocycles. The summed E-state index contributed by atoms with van der Waals surface area (Å²) in [5, 5.41) is 0. The standard InChI is InChI=1S/2C8H11.Fe/c2*1-3-8-5-4-7(2)6-8;/h2*5H,3-4H2,1-2H3;. The van der Waals surface area contributed by atoms with Crippen LogP contribution >= 0.6 is 0 Å². The first-order valence-corrected chi connectivity index (χ1v) is 7.68. The minimum atomic E-state index is 1.18. The summed E-state index contributed by atoms with van der Waals surface area (Å²) < 4.78 is 3.26. The zero-order valence-electron chi connectivity index (χ0n) is 11.3. The van der Waals surface area contributed by atoms with Gasteiger partial charge >= 0.3 is 112 Å². The van der Waals surface area contributed by atoms with E-state index in [1.807, 2.05) is 0 Å². The predicted octanol–water partition coefficient (Wildman–Crippen LogP) is 5.10. The van der Waals surface area contributed by atoms with Crippen LogP contribution in [-0.4, -0.2) is 0 Å². The van der Waals surface area contributed by atoms with Crippen LogP contribution in [-0.2, 0) is 15.0 Å². The summed E-state index contributed by atoms with van der Waals surface area (Å²) >= 11 is 1.18. The summed E-state index contributed by atoms with van der Waals surface area (Å²) in [5.74, 6) is 0. The number of rotatable bonds is 4. The van der Waals surface area contributed by atoms with E-state index in [-0.39, 0.29) is 0 Å². The molecule has 94 valence electrons.